The van der Waals surface area contributed by atoms with Crippen LogP contribution in [-0.2, 0) is 22.2 Å². The molecule has 1 aromatic carbocycles. The smallest absolute Gasteiger partial charge is 0.215 e. The van der Waals surface area contributed by atoms with Gasteiger partial charge in [0.05, 0.1) is 5.75 Å². The molecule has 0 unspecified atom stereocenters. The SMILES string of the molecule is Cc1cc(CCNS(=O)(=O)Cc2ccccc2Cl)c(C)[nH]1. The van der Waals surface area contributed by atoms with Crippen molar-refractivity contribution in [3.63, 3.8) is 0 Å². The van der Waals surface area contributed by atoms with Gasteiger partial charge in [0.2, 0.25) is 10.0 Å². The molecule has 21 heavy (non-hydrogen) atoms. The Morgan fingerprint density at radius 1 is 1.19 bits per heavy atom. The molecule has 2 aromatic rings. The maximum atomic E-state index is 12.1. The number of H-pyrrole nitrogens is 1. The normalized spacial score (nSPS) is 11.8. The highest BCUT2D eigenvalue weighted by Gasteiger charge is 2.13. The van der Waals surface area contributed by atoms with Gasteiger partial charge in [-0.3, -0.25) is 0 Å². The summed E-state index contributed by atoms with van der Waals surface area (Å²) in [5.74, 6) is -0.0994. The number of rotatable bonds is 6. The Hall–Kier alpha value is -1.30. The summed E-state index contributed by atoms with van der Waals surface area (Å²) in [5, 5.41) is 0.472. The molecule has 114 valence electrons. The molecule has 0 spiro atoms. The topological polar surface area (TPSA) is 62.0 Å². The van der Waals surface area contributed by atoms with Crippen molar-refractivity contribution in [2.75, 3.05) is 6.54 Å². The molecule has 0 radical (unpaired) electrons. The van der Waals surface area contributed by atoms with Crippen molar-refractivity contribution < 1.29 is 8.42 Å². The van der Waals surface area contributed by atoms with Gasteiger partial charge in [0, 0.05) is 23.0 Å². The molecular weight excluding hydrogens is 308 g/mol. The molecule has 4 nitrogen and oxygen atoms in total. The van der Waals surface area contributed by atoms with Gasteiger partial charge in [-0.2, -0.15) is 0 Å². The Morgan fingerprint density at radius 3 is 2.52 bits per heavy atom. The second kappa shape index (κ2) is 6.64. The van der Waals surface area contributed by atoms with Crippen LogP contribution in [0.3, 0.4) is 0 Å². The summed E-state index contributed by atoms with van der Waals surface area (Å²) in [4.78, 5) is 3.21. The number of benzene rings is 1. The fraction of sp³-hybridized carbons (Fsp3) is 0.333. The molecule has 0 aliphatic heterocycles. The predicted molar refractivity (Wildman–Crippen MR) is 86.0 cm³/mol. The van der Waals surface area contributed by atoms with Gasteiger partial charge in [-0.15, -0.1) is 0 Å². The Kier molecular flexibility index (Phi) is 5.08. The quantitative estimate of drug-likeness (QED) is 0.857. The van der Waals surface area contributed by atoms with E-state index in [1.54, 1.807) is 24.3 Å². The van der Waals surface area contributed by atoms with Crippen LogP contribution >= 0.6 is 11.6 Å². The largest absolute Gasteiger partial charge is 0.362 e. The fourth-order valence-corrected chi connectivity index (χ4v) is 3.71. The predicted octanol–water partition coefficient (Wildman–Crippen LogP) is 2.95. The van der Waals surface area contributed by atoms with E-state index in [0.29, 0.717) is 23.6 Å². The van der Waals surface area contributed by atoms with E-state index in [1.807, 2.05) is 19.9 Å². The van der Waals surface area contributed by atoms with E-state index in [9.17, 15) is 8.42 Å². The maximum absolute atomic E-state index is 12.1. The van der Waals surface area contributed by atoms with Gasteiger partial charge < -0.3 is 4.98 Å². The first-order valence-electron chi connectivity index (χ1n) is 6.73. The van der Waals surface area contributed by atoms with Crippen molar-refractivity contribution in [1.82, 2.24) is 9.71 Å². The van der Waals surface area contributed by atoms with Gasteiger partial charge >= 0.3 is 0 Å². The lowest BCUT2D eigenvalue weighted by molar-refractivity contribution is 0.580. The lowest BCUT2D eigenvalue weighted by atomic mass is 10.2. The minimum atomic E-state index is -3.38. The molecule has 6 heteroatoms. The average molecular weight is 327 g/mol. The molecule has 1 heterocycles. The number of aromatic amines is 1. The number of aryl methyl sites for hydroxylation is 2. The summed E-state index contributed by atoms with van der Waals surface area (Å²) in [7, 11) is -3.38. The van der Waals surface area contributed by atoms with Crippen molar-refractivity contribution in [2.24, 2.45) is 0 Å². The molecule has 2 N–H and O–H groups in total. The molecule has 0 aliphatic rings. The summed E-state index contributed by atoms with van der Waals surface area (Å²) >= 11 is 5.99. The molecule has 0 bridgehead atoms. The van der Waals surface area contributed by atoms with Crippen LogP contribution in [0.1, 0.15) is 22.5 Å². The summed E-state index contributed by atoms with van der Waals surface area (Å²) in [6.07, 6.45) is 0.665. The van der Waals surface area contributed by atoms with Gasteiger partial charge in [-0.1, -0.05) is 29.8 Å². The van der Waals surface area contributed by atoms with Crippen LogP contribution in [0.2, 0.25) is 5.02 Å². The molecule has 0 saturated carbocycles. The maximum Gasteiger partial charge on any atom is 0.215 e. The number of aromatic nitrogens is 1. The molecule has 1 aromatic heterocycles. The monoisotopic (exact) mass is 326 g/mol. The minimum Gasteiger partial charge on any atom is -0.362 e. The van der Waals surface area contributed by atoms with Crippen LogP contribution in [0, 0.1) is 13.8 Å². The van der Waals surface area contributed by atoms with Crippen molar-refractivity contribution in [1.29, 1.82) is 0 Å². The molecule has 0 saturated heterocycles. The Bertz CT molecular complexity index is 723. The third-order valence-corrected chi connectivity index (χ3v) is 4.98. The van der Waals surface area contributed by atoms with Crippen LogP contribution in [0.5, 0.6) is 0 Å². The second-order valence-corrected chi connectivity index (χ2v) is 7.31. The minimum absolute atomic E-state index is 0.0994. The summed E-state index contributed by atoms with van der Waals surface area (Å²) < 4.78 is 26.7. The highest BCUT2D eigenvalue weighted by atomic mass is 35.5. The third kappa shape index (κ3) is 4.59. The Morgan fingerprint density at radius 2 is 1.90 bits per heavy atom. The lowest BCUT2D eigenvalue weighted by Crippen LogP contribution is -2.27. The molecule has 0 aliphatic carbocycles. The van der Waals surface area contributed by atoms with Gasteiger partial charge in [-0.05, 0) is 43.5 Å². The first kappa shape index (κ1) is 16.1. The zero-order valence-corrected chi connectivity index (χ0v) is 13.7. The fourth-order valence-electron chi connectivity index (χ4n) is 2.25. The molecule has 0 amide bonds. The van der Waals surface area contributed by atoms with Gasteiger partial charge in [0.15, 0.2) is 0 Å². The summed E-state index contributed by atoms with van der Waals surface area (Å²) in [6, 6.07) is 9.02. The van der Waals surface area contributed by atoms with E-state index in [-0.39, 0.29) is 5.75 Å². The third-order valence-electron chi connectivity index (χ3n) is 3.28. The van der Waals surface area contributed by atoms with Crippen molar-refractivity contribution in [3.8, 4) is 0 Å². The standard InChI is InChI=1S/C15H19ClN2O2S/c1-11-9-13(12(2)18-11)7-8-17-21(19,20)10-14-5-3-4-6-15(14)16/h3-6,9,17-18H,7-8,10H2,1-2H3. The van der Waals surface area contributed by atoms with Crippen LogP contribution in [0.15, 0.2) is 30.3 Å². The van der Waals surface area contributed by atoms with Gasteiger partial charge in [0.25, 0.3) is 0 Å². The lowest BCUT2D eigenvalue weighted by Gasteiger charge is -2.08. The van der Waals surface area contributed by atoms with E-state index >= 15 is 0 Å². The molecule has 0 atom stereocenters. The molecule has 0 fully saturated rings. The first-order valence-corrected chi connectivity index (χ1v) is 8.76. The van der Waals surface area contributed by atoms with Crippen LogP contribution < -0.4 is 4.72 Å². The van der Waals surface area contributed by atoms with Crippen LogP contribution in [0.4, 0.5) is 0 Å². The number of hydrogen-bond donors (Lipinski definition) is 2. The van der Waals surface area contributed by atoms with Crippen LogP contribution in [0.25, 0.3) is 0 Å². The first-order chi connectivity index (χ1) is 9.87. The van der Waals surface area contributed by atoms with E-state index < -0.39 is 10.0 Å². The van der Waals surface area contributed by atoms with Gasteiger partial charge in [-0.25, -0.2) is 13.1 Å². The Labute approximate surface area is 130 Å². The van der Waals surface area contributed by atoms with E-state index in [4.69, 9.17) is 11.6 Å². The van der Waals surface area contributed by atoms with Crippen molar-refractivity contribution in [2.45, 2.75) is 26.0 Å². The number of halogens is 1. The Balaban J connectivity index is 1.93. The summed E-state index contributed by atoms with van der Waals surface area (Å²) in [6.45, 7) is 4.35. The van der Waals surface area contributed by atoms with Crippen LogP contribution in [-0.4, -0.2) is 19.9 Å². The second-order valence-electron chi connectivity index (χ2n) is 5.10. The van der Waals surface area contributed by atoms with E-state index in [0.717, 1.165) is 17.0 Å². The van der Waals surface area contributed by atoms with E-state index in [2.05, 4.69) is 9.71 Å². The zero-order valence-electron chi connectivity index (χ0n) is 12.1. The highest BCUT2D eigenvalue weighted by molar-refractivity contribution is 7.88. The van der Waals surface area contributed by atoms with Gasteiger partial charge in [0.1, 0.15) is 0 Å². The highest BCUT2D eigenvalue weighted by Crippen LogP contribution is 2.17. The number of sulfonamides is 1. The average Bonchev–Trinajstić information content (AvgIpc) is 2.70. The summed E-state index contributed by atoms with van der Waals surface area (Å²) in [5.41, 5.74) is 3.91. The number of nitrogens with one attached hydrogen (secondary N) is 2. The number of hydrogen-bond acceptors (Lipinski definition) is 2. The van der Waals surface area contributed by atoms with E-state index in [1.165, 1.54) is 0 Å². The van der Waals surface area contributed by atoms with Crippen molar-refractivity contribution >= 4 is 21.6 Å². The van der Waals surface area contributed by atoms with Crippen molar-refractivity contribution in [3.05, 3.63) is 57.9 Å². The molecule has 2 rings (SSSR count). The zero-order chi connectivity index (χ0) is 15.5. The molecular formula is C15H19ClN2O2S.